The lowest BCUT2D eigenvalue weighted by atomic mass is 10.0. The van der Waals surface area contributed by atoms with Crippen molar-refractivity contribution in [1.29, 1.82) is 0 Å². The van der Waals surface area contributed by atoms with Gasteiger partial charge in [-0.1, -0.05) is 6.42 Å². The van der Waals surface area contributed by atoms with E-state index in [1.807, 2.05) is 18.0 Å². The highest BCUT2D eigenvalue weighted by Crippen LogP contribution is 2.32. The minimum absolute atomic E-state index is 0.0961. The summed E-state index contributed by atoms with van der Waals surface area (Å²) in [5.74, 6) is 0.0961. The number of thiophene rings is 1. The molecular weight excluding hydrogens is 380 g/mol. The number of carbonyl (C=O) groups is 1. The van der Waals surface area contributed by atoms with E-state index in [9.17, 15) is 4.79 Å². The fourth-order valence-corrected chi connectivity index (χ4v) is 4.16. The third-order valence-electron chi connectivity index (χ3n) is 3.11. The van der Waals surface area contributed by atoms with Crippen molar-refractivity contribution in [2.45, 2.75) is 25.3 Å². The van der Waals surface area contributed by atoms with Crippen LogP contribution >= 0.6 is 43.2 Å². The first-order valence-corrected chi connectivity index (χ1v) is 8.42. The summed E-state index contributed by atoms with van der Waals surface area (Å²) in [7, 11) is 1.88. The van der Waals surface area contributed by atoms with Crippen molar-refractivity contribution in [2.24, 2.45) is 0 Å². The van der Waals surface area contributed by atoms with E-state index in [0.29, 0.717) is 6.04 Å². The van der Waals surface area contributed by atoms with Gasteiger partial charge in [0.25, 0.3) is 5.91 Å². The molecule has 0 aromatic carbocycles. The zero-order valence-corrected chi connectivity index (χ0v) is 14.2. The quantitative estimate of drug-likeness (QED) is 0.849. The fourth-order valence-electron chi connectivity index (χ4n) is 2.13. The molecule has 1 atom stereocenters. The van der Waals surface area contributed by atoms with Crippen LogP contribution < -0.4 is 5.32 Å². The number of amides is 1. The van der Waals surface area contributed by atoms with Gasteiger partial charge >= 0.3 is 0 Å². The van der Waals surface area contributed by atoms with Crippen LogP contribution in [0.4, 0.5) is 0 Å². The van der Waals surface area contributed by atoms with Crippen molar-refractivity contribution in [2.75, 3.05) is 20.1 Å². The van der Waals surface area contributed by atoms with Gasteiger partial charge in [0.05, 0.1) is 8.66 Å². The molecule has 100 valence electrons. The van der Waals surface area contributed by atoms with Crippen LogP contribution in [0.1, 0.15) is 28.9 Å². The van der Waals surface area contributed by atoms with E-state index in [4.69, 9.17) is 0 Å². The second-order valence-corrected chi connectivity index (χ2v) is 7.79. The lowest BCUT2D eigenvalue weighted by molar-refractivity contribution is 0.0780. The highest BCUT2D eigenvalue weighted by Gasteiger charge is 2.20. The van der Waals surface area contributed by atoms with Crippen molar-refractivity contribution < 1.29 is 4.79 Å². The van der Waals surface area contributed by atoms with Gasteiger partial charge in [0, 0.05) is 24.1 Å². The number of hydrogen-bond acceptors (Lipinski definition) is 3. The molecule has 0 radical (unpaired) electrons. The molecule has 1 amide bonds. The Morgan fingerprint density at radius 2 is 2.33 bits per heavy atom. The van der Waals surface area contributed by atoms with Crippen LogP contribution in [0.15, 0.2) is 14.3 Å². The van der Waals surface area contributed by atoms with Crippen molar-refractivity contribution in [1.82, 2.24) is 10.2 Å². The van der Waals surface area contributed by atoms with Crippen LogP contribution in [0.25, 0.3) is 0 Å². The van der Waals surface area contributed by atoms with Gasteiger partial charge in [0.2, 0.25) is 0 Å². The predicted molar refractivity (Wildman–Crippen MR) is 82.3 cm³/mol. The van der Waals surface area contributed by atoms with E-state index in [0.717, 1.165) is 32.6 Å². The van der Waals surface area contributed by atoms with E-state index in [1.54, 1.807) is 0 Å². The van der Waals surface area contributed by atoms with E-state index < -0.39 is 0 Å². The minimum Gasteiger partial charge on any atom is -0.339 e. The van der Waals surface area contributed by atoms with Crippen LogP contribution in [0.5, 0.6) is 0 Å². The van der Waals surface area contributed by atoms with Crippen LogP contribution in [0.3, 0.4) is 0 Å². The van der Waals surface area contributed by atoms with Crippen LogP contribution in [-0.4, -0.2) is 37.0 Å². The molecule has 1 aromatic heterocycles. The van der Waals surface area contributed by atoms with E-state index in [2.05, 4.69) is 37.2 Å². The molecule has 2 rings (SSSR count). The SMILES string of the molecule is CN(CC1CCCCN1)C(=O)c1cc(Br)c(Br)s1. The maximum Gasteiger partial charge on any atom is 0.263 e. The number of nitrogens with one attached hydrogen (secondary N) is 1. The number of halogens is 2. The standard InChI is InChI=1S/C12H16Br2N2OS/c1-16(7-8-4-2-3-5-15-8)12(17)10-6-9(13)11(14)18-10/h6,8,15H,2-5,7H2,1H3. The zero-order valence-electron chi connectivity index (χ0n) is 10.2. The number of likely N-dealkylation sites (N-methyl/N-ethyl adjacent to an activating group) is 1. The smallest absolute Gasteiger partial charge is 0.263 e. The molecule has 1 unspecified atom stereocenters. The van der Waals surface area contributed by atoms with Crippen molar-refractivity contribution in [3.63, 3.8) is 0 Å². The Bertz CT molecular complexity index is 410. The molecule has 1 aliphatic heterocycles. The molecule has 1 fully saturated rings. The number of nitrogens with zero attached hydrogens (tertiary/aromatic N) is 1. The Labute approximate surface area is 128 Å². The number of rotatable bonds is 3. The Kier molecular flexibility index (Phi) is 5.24. The molecule has 18 heavy (non-hydrogen) atoms. The van der Waals surface area contributed by atoms with Crippen LogP contribution in [-0.2, 0) is 0 Å². The average molecular weight is 396 g/mol. The van der Waals surface area contributed by atoms with Gasteiger partial charge in [-0.05, 0) is 57.3 Å². The third-order valence-corrected chi connectivity index (χ3v) is 6.35. The van der Waals surface area contributed by atoms with Gasteiger partial charge in [-0.3, -0.25) is 4.79 Å². The molecule has 0 bridgehead atoms. The second kappa shape index (κ2) is 6.50. The van der Waals surface area contributed by atoms with Gasteiger partial charge in [-0.2, -0.15) is 0 Å². The first-order valence-electron chi connectivity index (χ1n) is 6.01. The Morgan fingerprint density at radius 1 is 1.56 bits per heavy atom. The summed E-state index contributed by atoms with van der Waals surface area (Å²) in [6.45, 7) is 1.86. The van der Waals surface area contributed by atoms with Crippen molar-refractivity contribution in [3.05, 3.63) is 19.2 Å². The normalized spacial score (nSPS) is 19.8. The molecule has 6 heteroatoms. The summed E-state index contributed by atoms with van der Waals surface area (Å²) in [4.78, 5) is 14.8. The summed E-state index contributed by atoms with van der Waals surface area (Å²) >= 11 is 8.30. The van der Waals surface area contributed by atoms with E-state index >= 15 is 0 Å². The molecule has 0 aliphatic carbocycles. The summed E-state index contributed by atoms with van der Waals surface area (Å²) in [6, 6.07) is 2.32. The molecule has 1 saturated heterocycles. The summed E-state index contributed by atoms with van der Waals surface area (Å²) in [6.07, 6.45) is 3.67. The maximum absolute atomic E-state index is 12.3. The summed E-state index contributed by atoms with van der Waals surface area (Å²) in [5, 5.41) is 3.46. The third kappa shape index (κ3) is 3.56. The molecule has 2 heterocycles. The van der Waals surface area contributed by atoms with Gasteiger partial charge in [-0.25, -0.2) is 0 Å². The lowest BCUT2D eigenvalue weighted by Gasteiger charge is -2.28. The first kappa shape index (κ1) is 14.5. The van der Waals surface area contributed by atoms with Crippen molar-refractivity contribution >= 4 is 49.1 Å². The molecule has 0 saturated carbocycles. The lowest BCUT2D eigenvalue weighted by Crippen LogP contribution is -2.44. The number of carbonyl (C=O) groups excluding carboxylic acids is 1. The van der Waals surface area contributed by atoms with Gasteiger partial charge < -0.3 is 10.2 Å². The fraction of sp³-hybridized carbons (Fsp3) is 0.583. The highest BCUT2D eigenvalue weighted by atomic mass is 79.9. The van der Waals surface area contributed by atoms with E-state index in [-0.39, 0.29) is 5.91 Å². The molecule has 0 spiro atoms. The number of hydrogen-bond donors (Lipinski definition) is 1. The zero-order chi connectivity index (χ0) is 13.1. The van der Waals surface area contributed by atoms with E-state index in [1.165, 1.54) is 24.2 Å². The molecule has 3 nitrogen and oxygen atoms in total. The van der Waals surface area contributed by atoms with Gasteiger partial charge in [0.1, 0.15) is 0 Å². The molecule has 1 aliphatic rings. The first-order chi connectivity index (χ1) is 8.58. The van der Waals surface area contributed by atoms with Gasteiger partial charge in [-0.15, -0.1) is 11.3 Å². The van der Waals surface area contributed by atoms with Gasteiger partial charge in [0.15, 0.2) is 0 Å². The summed E-state index contributed by atoms with van der Waals surface area (Å²) in [5.41, 5.74) is 0. The summed E-state index contributed by atoms with van der Waals surface area (Å²) < 4.78 is 1.91. The monoisotopic (exact) mass is 394 g/mol. The Hall–Kier alpha value is 0.0900. The molecule has 1 N–H and O–H groups in total. The van der Waals surface area contributed by atoms with Crippen molar-refractivity contribution in [3.8, 4) is 0 Å². The molecule has 1 aromatic rings. The topological polar surface area (TPSA) is 32.3 Å². The number of piperidine rings is 1. The van der Waals surface area contributed by atoms with Crippen LogP contribution in [0, 0.1) is 0 Å². The van der Waals surface area contributed by atoms with Crippen LogP contribution in [0.2, 0.25) is 0 Å². The maximum atomic E-state index is 12.3. The average Bonchev–Trinajstić information content (AvgIpc) is 2.70. The largest absolute Gasteiger partial charge is 0.339 e. The minimum atomic E-state index is 0.0961. The predicted octanol–water partition coefficient (Wildman–Crippen LogP) is 3.49. The Morgan fingerprint density at radius 3 is 2.89 bits per heavy atom. The highest BCUT2D eigenvalue weighted by molar-refractivity contribution is 9.13. The Balaban J connectivity index is 1.95. The molecular formula is C12H16Br2N2OS. The second-order valence-electron chi connectivity index (χ2n) is 4.56.